The Morgan fingerprint density at radius 3 is 1.42 bits per heavy atom. The van der Waals surface area contributed by atoms with E-state index in [1.54, 1.807) is 0 Å². The molecule has 1 heterocycles. The van der Waals surface area contributed by atoms with Gasteiger partial charge in [0.05, 0.1) is 11.0 Å². The summed E-state index contributed by atoms with van der Waals surface area (Å²) in [7, 11) is 0. The molecule has 0 radical (unpaired) electrons. The van der Waals surface area contributed by atoms with E-state index in [0.717, 1.165) is 22.7 Å². The molecule has 0 spiro atoms. The van der Waals surface area contributed by atoms with Crippen LogP contribution in [0.4, 0.5) is 17.1 Å². The topological polar surface area (TPSA) is 8.17 Å². The summed E-state index contributed by atoms with van der Waals surface area (Å²) in [6.07, 6.45) is 0. The van der Waals surface area contributed by atoms with Crippen molar-refractivity contribution >= 4 is 38.9 Å². The number of anilines is 3. The molecule has 50 heavy (non-hydrogen) atoms. The fraction of sp³-hybridized carbons (Fsp3) is 0. The Hall–Kier alpha value is -6.64. The summed E-state index contributed by atoms with van der Waals surface area (Å²) in [4.78, 5) is 2.34. The van der Waals surface area contributed by atoms with Crippen LogP contribution in [0.2, 0.25) is 0 Å². The Bertz CT molecular complexity index is 2550. The van der Waals surface area contributed by atoms with Gasteiger partial charge in [0, 0.05) is 33.5 Å². The summed E-state index contributed by atoms with van der Waals surface area (Å²) >= 11 is 0. The minimum absolute atomic E-state index is 1.11. The molecule has 0 saturated heterocycles. The maximum absolute atomic E-state index is 2.40. The van der Waals surface area contributed by atoms with Crippen LogP contribution in [-0.4, -0.2) is 4.57 Å². The van der Waals surface area contributed by atoms with Crippen LogP contribution >= 0.6 is 0 Å². The predicted molar refractivity (Wildman–Crippen MR) is 212 cm³/mol. The van der Waals surface area contributed by atoms with E-state index in [1.807, 2.05) is 0 Å². The van der Waals surface area contributed by atoms with Crippen LogP contribution in [0, 0.1) is 0 Å². The fourth-order valence-electron chi connectivity index (χ4n) is 7.14. The van der Waals surface area contributed by atoms with E-state index in [4.69, 9.17) is 0 Å². The van der Waals surface area contributed by atoms with Gasteiger partial charge in [0.2, 0.25) is 0 Å². The van der Waals surface area contributed by atoms with Crippen molar-refractivity contribution in [3.63, 3.8) is 0 Å². The maximum Gasteiger partial charge on any atom is 0.0547 e. The zero-order valence-electron chi connectivity index (χ0n) is 27.5. The molecule has 0 fully saturated rings. The molecule has 0 aliphatic carbocycles. The Morgan fingerprint density at radius 2 is 0.740 bits per heavy atom. The van der Waals surface area contributed by atoms with Crippen LogP contribution in [-0.2, 0) is 0 Å². The monoisotopic (exact) mass is 638 g/mol. The molecule has 0 atom stereocenters. The molecule has 2 heteroatoms. The third kappa shape index (κ3) is 5.43. The molecular formula is C48H34N2. The van der Waals surface area contributed by atoms with E-state index in [9.17, 15) is 0 Å². The molecular weight excluding hydrogens is 605 g/mol. The lowest BCUT2D eigenvalue weighted by Gasteiger charge is -2.26. The van der Waals surface area contributed by atoms with Crippen LogP contribution in [0.25, 0.3) is 60.9 Å². The quantitative estimate of drug-likeness (QED) is 0.169. The van der Waals surface area contributed by atoms with E-state index in [0.29, 0.717) is 0 Å². The van der Waals surface area contributed by atoms with Crippen LogP contribution in [0.1, 0.15) is 0 Å². The number of benzene rings is 8. The first-order chi connectivity index (χ1) is 24.8. The van der Waals surface area contributed by atoms with Crippen LogP contribution < -0.4 is 4.90 Å². The van der Waals surface area contributed by atoms with E-state index >= 15 is 0 Å². The van der Waals surface area contributed by atoms with E-state index in [1.165, 1.54) is 55.2 Å². The minimum atomic E-state index is 1.11. The highest BCUT2D eigenvalue weighted by atomic mass is 15.1. The average Bonchev–Trinajstić information content (AvgIpc) is 3.53. The van der Waals surface area contributed by atoms with Crippen molar-refractivity contribution in [2.24, 2.45) is 0 Å². The number of para-hydroxylation sites is 2. The van der Waals surface area contributed by atoms with Crippen molar-refractivity contribution in [3.05, 3.63) is 206 Å². The van der Waals surface area contributed by atoms with Gasteiger partial charge in [0.15, 0.2) is 0 Å². The number of rotatable bonds is 7. The van der Waals surface area contributed by atoms with Crippen molar-refractivity contribution in [2.75, 3.05) is 4.90 Å². The standard InChI is InChI=1S/C48H34N2/c1-4-13-35(14-5-1)37-23-28-42(29-24-37)49(41-18-8-3-9-19-41)44-20-12-17-39(33-44)40-27-32-46-45-21-10-11-22-47(45)50(48(46)34-40)43-30-25-38(26-31-43)36-15-6-2-7-16-36/h1-34H. The van der Waals surface area contributed by atoms with Crippen molar-refractivity contribution in [1.82, 2.24) is 4.57 Å². The highest BCUT2D eigenvalue weighted by Crippen LogP contribution is 2.39. The van der Waals surface area contributed by atoms with Gasteiger partial charge < -0.3 is 9.47 Å². The summed E-state index contributed by atoms with van der Waals surface area (Å²) < 4.78 is 2.40. The smallest absolute Gasteiger partial charge is 0.0547 e. The van der Waals surface area contributed by atoms with Crippen molar-refractivity contribution in [3.8, 4) is 39.1 Å². The number of hydrogen-bond acceptors (Lipinski definition) is 1. The molecule has 9 rings (SSSR count). The Balaban J connectivity index is 1.14. The summed E-state index contributed by atoms with van der Waals surface area (Å²) in [5.41, 5.74) is 14.1. The lowest BCUT2D eigenvalue weighted by Crippen LogP contribution is -2.09. The Labute approximate surface area is 292 Å². The number of aromatic nitrogens is 1. The second kappa shape index (κ2) is 12.8. The third-order valence-electron chi connectivity index (χ3n) is 9.59. The van der Waals surface area contributed by atoms with Gasteiger partial charge in [-0.05, 0) is 94.0 Å². The Morgan fingerprint density at radius 1 is 0.280 bits per heavy atom. The van der Waals surface area contributed by atoms with Gasteiger partial charge in [-0.3, -0.25) is 0 Å². The van der Waals surface area contributed by atoms with Crippen LogP contribution in [0.3, 0.4) is 0 Å². The second-order valence-electron chi connectivity index (χ2n) is 12.6. The lowest BCUT2D eigenvalue weighted by molar-refractivity contribution is 1.18. The van der Waals surface area contributed by atoms with Gasteiger partial charge in [-0.2, -0.15) is 0 Å². The van der Waals surface area contributed by atoms with Crippen molar-refractivity contribution in [1.29, 1.82) is 0 Å². The average molecular weight is 639 g/mol. The largest absolute Gasteiger partial charge is 0.310 e. The molecule has 0 aliphatic heterocycles. The third-order valence-corrected chi connectivity index (χ3v) is 9.59. The lowest BCUT2D eigenvalue weighted by atomic mass is 10.0. The van der Waals surface area contributed by atoms with Gasteiger partial charge in [-0.1, -0.05) is 146 Å². The van der Waals surface area contributed by atoms with E-state index < -0.39 is 0 Å². The molecule has 236 valence electrons. The number of nitrogens with zero attached hydrogens (tertiary/aromatic N) is 2. The van der Waals surface area contributed by atoms with Gasteiger partial charge in [0.1, 0.15) is 0 Å². The highest BCUT2D eigenvalue weighted by molar-refractivity contribution is 6.10. The van der Waals surface area contributed by atoms with E-state index in [-0.39, 0.29) is 0 Å². The van der Waals surface area contributed by atoms with E-state index in [2.05, 4.69) is 216 Å². The molecule has 0 bridgehead atoms. The summed E-state index contributed by atoms with van der Waals surface area (Å²) in [6.45, 7) is 0. The van der Waals surface area contributed by atoms with Crippen molar-refractivity contribution < 1.29 is 0 Å². The number of hydrogen-bond donors (Lipinski definition) is 0. The van der Waals surface area contributed by atoms with Gasteiger partial charge >= 0.3 is 0 Å². The molecule has 2 nitrogen and oxygen atoms in total. The first-order valence-electron chi connectivity index (χ1n) is 17.1. The maximum atomic E-state index is 2.40. The zero-order valence-corrected chi connectivity index (χ0v) is 27.5. The van der Waals surface area contributed by atoms with Crippen molar-refractivity contribution in [2.45, 2.75) is 0 Å². The summed E-state index contributed by atoms with van der Waals surface area (Å²) in [6, 6.07) is 74.0. The molecule has 0 saturated carbocycles. The van der Waals surface area contributed by atoms with Crippen LogP contribution in [0.15, 0.2) is 206 Å². The minimum Gasteiger partial charge on any atom is -0.310 e. The molecule has 0 aliphatic rings. The molecule has 1 aromatic heterocycles. The summed E-state index contributed by atoms with van der Waals surface area (Å²) in [5, 5.41) is 2.50. The zero-order chi connectivity index (χ0) is 33.3. The molecule has 0 N–H and O–H groups in total. The second-order valence-corrected chi connectivity index (χ2v) is 12.6. The van der Waals surface area contributed by atoms with Gasteiger partial charge in [0.25, 0.3) is 0 Å². The predicted octanol–water partition coefficient (Wildman–Crippen LogP) is 13.3. The first kappa shape index (κ1) is 29.5. The number of fused-ring (bicyclic) bond motifs is 3. The molecule has 8 aromatic carbocycles. The summed E-state index contributed by atoms with van der Waals surface area (Å²) in [5.74, 6) is 0. The van der Waals surface area contributed by atoms with Gasteiger partial charge in [-0.25, -0.2) is 0 Å². The van der Waals surface area contributed by atoms with Crippen LogP contribution in [0.5, 0.6) is 0 Å². The first-order valence-corrected chi connectivity index (χ1v) is 17.1. The highest BCUT2D eigenvalue weighted by Gasteiger charge is 2.16. The molecule has 9 aromatic rings. The molecule has 0 amide bonds. The molecule has 0 unspecified atom stereocenters. The fourth-order valence-corrected chi connectivity index (χ4v) is 7.14. The normalized spacial score (nSPS) is 11.2. The van der Waals surface area contributed by atoms with Gasteiger partial charge in [-0.15, -0.1) is 0 Å². The Kier molecular flexibility index (Phi) is 7.53. The SMILES string of the molecule is c1ccc(-c2ccc(N(c3ccccc3)c3cccc(-c4ccc5c6ccccc6n(-c6ccc(-c7ccccc7)cc6)c5c4)c3)cc2)cc1.